The highest BCUT2D eigenvalue weighted by molar-refractivity contribution is 5.10. The molecule has 0 saturated carbocycles. The highest BCUT2D eigenvalue weighted by atomic mass is 19.4. The Labute approximate surface area is 71.2 Å². The van der Waals surface area contributed by atoms with Crippen LogP contribution in [-0.4, -0.2) is 12.4 Å². The molecule has 0 amide bonds. The van der Waals surface area contributed by atoms with E-state index in [1.165, 1.54) is 0 Å². The summed E-state index contributed by atoms with van der Waals surface area (Å²) in [5.74, 6) is 0. The average molecular weight is 205 g/mol. The van der Waals surface area contributed by atoms with Gasteiger partial charge in [0.05, 0.1) is 6.42 Å². The molecule has 0 bridgehead atoms. The van der Waals surface area contributed by atoms with Gasteiger partial charge < -0.3 is 0 Å². The second-order valence-corrected chi connectivity index (χ2v) is 2.31. The molecule has 0 fully saturated rings. The van der Waals surface area contributed by atoms with Crippen molar-refractivity contribution in [2.45, 2.75) is 25.2 Å². The van der Waals surface area contributed by atoms with Crippen LogP contribution in [0.1, 0.15) is 12.8 Å². The van der Waals surface area contributed by atoms with Crippen molar-refractivity contribution in [2.75, 3.05) is 0 Å². The van der Waals surface area contributed by atoms with Gasteiger partial charge in [-0.3, -0.25) is 0 Å². The van der Waals surface area contributed by atoms with Crippen molar-refractivity contribution in [2.24, 2.45) is 0 Å². The number of hydrogen-bond donors (Lipinski definition) is 0. The SMILES string of the molecule is [CH2]CC=C(CC(F)(F)F)C(F)(F)F. The summed E-state index contributed by atoms with van der Waals surface area (Å²) in [4.78, 5) is 0. The molecule has 0 aliphatic carbocycles. The van der Waals surface area contributed by atoms with E-state index in [4.69, 9.17) is 0 Å². The Hall–Kier alpha value is -0.680. The Morgan fingerprint density at radius 2 is 1.54 bits per heavy atom. The third kappa shape index (κ3) is 5.54. The summed E-state index contributed by atoms with van der Waals surface area (Å²) in [6, 6.07) is 0. The molecule has 13 heavy (non-hydrogen) atoms. The molecule has 0 aromatic rings. The second kappa shape index (κ2) is 4.02. The van der Waals surface area contributed by atoms with E-state index in [1.807, 2.05) is 0 Å². The van der Waals surface area contributed by atoms with Crippen LogP contribution < -0.4 is 0 Å². The smallest absolute Gasteiger partial charge is 0.171 e. The minimum atomic E-state index is -4.92. The van der Waals surface area contributed by atoms with E-state index in [2.05, 4.69) is 6.92 Å². The van der Waals surface area contributed by atoms with Gasteiger partial charge in [-0.2, -0.15) is 26.3 Å². The number of alkyl halides is 6. The Balaban J connectivity index is 4.57. The fourth-order valence-corrected chi connectivity index (χ4v) is 0.678. The van der Waals surface area contributed by atoms with E-state index in [0.29, 0.717) is 6.08 Å². The molecular weight excluding hydrogens is 198 g/mol. The summed E-state index contributed by atoms with van der Waals surface area (Å²) in [5.41, 5.74) is -1.59. The fraction of sp³-hybridized carbons (Fsp3) is 0.571. The van der Waals surface area contributed by atoms with Crippen LogP contribution in [0.25, 0.3) is 0 Å². The molecule has 1 radical (unpaired) electrons. The van der Waals surface area contributed by atoms with Crippen molar-refractivity contribution in [3.05, 3.63) is 18.6 Å². The van der Waals surface area contributed by atoms with Crippen LogP contribution in [0.5, 0.6) is 0 Å². The van der Waals surface area contributed by atoms with Gasteiger partial charge in [0.15, 0.2) is 0 Å². The van der Waals surface area contributed by atoms with Gasteiger partial charge in [0.1, 0.15) is 0 Å². The average Bonchev–Trinajstić information content (AvgIpc) is 1.81. The van der Waals surface area contributed by atoms with E-state index >= 15 is 0 Å². The third-order valence-corrected chi connectivity index (χ3v) is 1.15. The van der Waals surface area contributed by atoms with Crippen molar-refractivity contribution in [3.8, 4) is 0 Å². The molecule has 77 valence electrons. The van der Waals surface area contributed by atoms with Gasteiger partial charge in [0.25, 0.3) is 0 Å². The fourth-order valence-electron chi connectivity index (χ4n) is 0.678. The van der Waals surface area contributed by atoms with Gasteiger partial charge in [-0.15, -0.1) is 0 Å². The zero-order valence-corrected chi connectivity index (χ0v) is 6.47. The highest BCUT2D eigenvalue weighted by Crippen LogP contribution is 2.35. The molecule has 0 atom stereocenters. The monoisotopic (exact) mass is 205 g/mol. The van der Waals surface area contributed by atoms with E-state index < -0.39 is 24.3 Å². The molecule has 0 nitrogen and oxygen atoms in total. The Morgan fingerprint density at radius 3 is 1.77 bits per heavy atom. The second-order valence-electron chi connectivity index (χ2n) is 2.31. The van der Waals surface area contributed by atoms with Crippen LogP contribution in [0.2, 0.25) is 0 Å². The van der Waals surface area contributed by atoms with Crippen molar-refractivity contribution in [1.29, 1.82) is 0 Å². The summed E-state index contributed by atoms with van der Waals surface area (Å²) >= 11 is 0. The molecule has 0 spiro atoms. The lowest BCUT2D eigenvalue weighted by Crippen LogP contribution is -2.19. The summed E-state index contributed by atoms with van der Waals surface area (Å²) in [5, 5.41) is 0. The van der Waals surface area contributed by atoms with Gasteiger partial charge >= 0.3 is 12.4 Å². The van der Waals surface area contributed by atoms with Gasteiger partial charge in [0.2, 0.25) is 0 Å². The third-order valence-electron chi connectivity index (χ3n) is 1.15. The number of allylic oxidation sites excluding steroid dienone is 2. The molecular formula is C7H7F6. The molecule has 0 rings (SSSR count). The lowest BCUT2D eigenvalue weighted by atomic mass is 10.1. The van der Waals surface area contributed by atoms with E-state index in [9.17, 15) is 26.3 Å². The molecule has 0 aromatic carbocycles. The maximum Gasteiger partial charge on any atom is 0.412 e. The van der Waals surface area contributed by atoms with Gasteiger partial charge in [-0.05, 0) is 13.3 Å². The van der Waals surface area contributed by atoms with Crippen LogP contribution in [0, 0.1) is 6.92 Å². The number of hydrogen-bond acceptors (Lipinski definition) is 0. The first kappa shape index (κ1) is 12.3. The summed E-state index contributed by atoms with van der Waals surface area (Å²) in [6.07, 6.45) is -11.6. The maximum atomic E-state index is 11.8. The number of halogens is 6. The maximum absolute atomic E-state index is 11.8. The number of rotatable bonds is 2. The normalized spacial score (nSPS) is 14.8. The molecule has 0 heterocycles. The lowest BCUT2D eigenvalue weighted by Gasteiger charge is -2.13. The zero-order chi connectivity index (χ0) is 10.7. The van der Waals surface area contributed by atoms with Crippen LogP contribution in [0.4, 0.5) is 26.3 Å². The Bertz CT molecular complexity index is 184. The van der Waals surface area contributed by atoms with E-state index in [1.54, 1.807) is 0 Å². The Kier molecular flexibility index (Phi) is 3.81. The first-order chi connectivity index (χ1) is 5.67. The van der Waals surface area contributed by atoms with Gasteiger partial charge in [-0.25, -0.2) is 0 Å². The van der Waals surface area contributed by atoms with Crippen LogP contribution in [-0.2, 0) is 0 Å². The zero-order valence-electron chi connectivity index (χ0n) is 6.47. The van der Waals surface area contributed by atoms with Crippen LogP contribution in [0.15, 0.2) is 11.6 Å². The van der Waals surface area contributed by atoms with Crippen molar-refractivity contribution < 1.29 is 26.3 Å². The van der Waals surface area contributed by atoms with Crippen molar-refractivity contribution in [1.82, 2.24) is 0 Å². The quantitative estimate of drug-likeness (QED) is 0.476. The first-order valence-electron chi connectivity index (χ1n) is 3.29. The molecule has 6 heteroatoms. The van der Waals surface area contributed by atoms with Crippen molar-refractivity contribution in [3.63, 3.8) is 0 Å². The molecule has 0 unspecified atom stereocenters. The molecule has 0 aliphatic rings. The minimum Gasteiger partial charge on any atom is -0.171 e. The van der Waals surface area contributed by atoms with Crippen LogP contribution in [0.3, 0.4) is 0 Å². The first-order valence-corrected chi connectivity index (χ1v) is 3.29. The topological polar surface area (TPSA) is 0 Å². The molecule has 0 aromatic heterocycles. The predicted molar refractivity (Wildman–Crippen MR) is 34.8 cm³/mol. The summed E-state index contributed by atoms with van der Waals surface area (Å²) in [7, 11) is 0. The van der Waals surface area contributed by atoms with E-state index in [0.717, 1.165) is 0 Å². The molecule has 0 aliphatic heterocycles. The molecule has 0 N–H and O–H groups in total. The van der Waals surface area contributed by atoms with E-state index in [-0.39, 0.29) is 6.42 Å². The van der Waals surface area contributed by atoms with Crippen LogP contribution >= 0.6 is 0 Å². The lowest BCUT2D eigenvalue weighted by molar-refractivity contribution is -0.151. The standard InChI is InChI=1S/C7H7F6/c1-2-3-5(7(11,12)13)4-6(8,9)10/h3H,1-2,4H2. The van der Waals surface area contributed by atoms with Gasteiger partial charge in [0, 0.05) is 5.57 Å². The highest BCUT2D eigenvalue weighted by Gasteiger charge is 2.40. The Morgan fingerprint density at radius 1 is 1.08 bits per heavy atom. The van der Waals surface area contributed by atoms with Gasteiger partial charge in [-0.1, -0.05) is 6.08 Å². The minimum absolute atomic E-state index is 0.315. The van der Waals surface area contributed by atoms with Crippen molar-refractivity contribution >= 4 is 0 Å². The predicted octanol–water partition coefficient (Wildman–Crippen LogP) is 3.65. The summed E-state index contributed by atoms with van der Waals surface area (Å²) in [6.45, 7) is 3.03. The largest absolute Gasteiger partial charge is 0.412 e. The molecule has 0 saturated heterocycles. The summed E-state index contributed by atoms with van der Waals surface area (Å²) < 4.78 is 70.3.